The molecular formula is C11H8BrF3N2O. The van der Waals surface area contributed by atoms with Crippen LogP contribution in [0.3, 0.4) is 0 Å². The normalized spacial score (nSPS) is 18.7. The third kappa shape index (κ3) is 2.14. The molecule has 3 nitrogen and oxygen atoms in total. The van der Waals surface area contributed by atoms with Gasteiger partial charge in [0, 0.05) is 17.1 Å². The summed E-state index contributed by atoms with van der Waals surface area (Å²) in [5.41, 5.74) is 0.588. The molecule has 0 aliphatic carbocycles. The number of benzene rings is 1. The summed E-state index contributed by atoms with van der Waals surface area (Å²) in [6.45, 7) is 0. The average Bonchev–Trinajstić information content (AvgIpc) is 2.54. The van der Waals surface area contributed by atoms with Crippen LogP contribution >= 0.6 is 15.9 Å². The highest BCUT2D eigenvalue weighted by Gasteiger charge is 2.33. The van der Waals surface area contributed by atoms with Crippen LogP contribution in [0.25, 0.3) is 0 Å². The minimum Gasteiger partial charge on any atom is -0.309 e. The van der Waals surface area contributed by atoms with E-state index in [9.17, 15) is 18.0 Å². The van der Waals surface area contributed by atoms with E-state index < -0.39 is 18.6 Å². The molecule has 7 heteroatoms. The van der Waals surface area contributed by atoms with Crippen molar-refractivity contribution in [1.29, 1.82) is 0 Å². The Bertz CT molecular complexity index is 533. The molecule has 2 rings (SSSR count). The molecule has 0 spiro atoms. The predicted octanol–water partition coefficient (Wildman–Crippen LogP) is 2.78. The lowest BCUT2D eigenvalue weighted by molar-refractivity contribution is -0.112. The summed E-state index contributed by atoms with van der Waals surface area (Å²) in [7, 11) is 1.48. The third-order valence-corrected chi connectivity index (χ3v) is 3.04. The number of likely N-dealkylation sites (N-methyl/N-ethyl adjacent to an activating group) is 1. The fraction of sp³-hybridized carbons (Fsp3) is 0.273. The number of fused-ring (bicyclic) bond motifs is 1. The smallest absolute Gasteiger partial charge is 0.289 e. The van der Waals surface area contributed by atoms with Gasteiger partial charge in [-0.1, -0.05) is 15.9 Å². The number of nitrogens with zero attached hydrogens (tertiary/aromatic N) is 2. The van der Waals surface area contributed by atoms with Gasteiger partial charge in [0.1, 0.15) is 5.71 Å². The molecule has 0 fully saturated rings. The monoisotopic (exact) mass is 320 g/mol. The van der Waals surface area contributed by atoms with Gasteiger partial charge in [-0.25, -0.2) is 18.2 Å². The van der Waals surface area contributed by atoms with Crippen LogP contribution in [-0.2, 0) is 4.79 Å². The van der Waals surface area contributed by atoms with Gasteiger partial charge in [0.05, 0.1) is 5.69 Å². The number of alkyl halides is 3. The second-order valence-corrected chi connectivity index (χ2v) is 4.63. The minimum atomic E-state index is -3.24. The summed E-state index contributed by atoms with van der Waals surface area (Å²) in [4.78, 5) is 16.2. The Kier molecular flexibility index (Phi) is 3.43. The number of anilines is 1. The number of halogens is 4. The number of amides is 1. The lowest BCUT2D eigenvalue weighted by Gasteiger charge is -2.08. The summed E-state index contributed by atoms with van der Waals surface area (Å²) in [6, 6.07) is 4.88. The molecule has 1 aromatic carbocycles. The fourth-order valence-electron chi connectivity index (χ4n) is 1.68. The maximum Gasteiger partial charge on any atom is 0.289 e. The maximum absolute atomic E-state index is 13.0. The molecule has 1 aromatic rings. The Labute approximate surface area is 109 Å². The third-order valence-electron chi connectivity index (χ3n) is 2.54. The highest BCUT2D eigenvalue weighted by Crippen LogP contribution is 2.31. The van der Waals surface area contributed by atoms with Crippen molar-refractivity contribution in [3.05, 3.63) is 28.2 Å². The van der Waals surface area contributed by atoms with E-state index in [4.69, 9.17) is 0 Å². The molecule has 0 saturated heterocycles. The van der Waals surface area contributed by atoms with Crippen molar-refractivity contribution in [2.45, 2.75) is 12.7 Å². The molecular weight excluding hydrogens is 313 g/mol. The number of aliphatic imine (C=N–C) groups is 1. The molecule has 1 unspecified atom stereocenters. The van der Waals surface area contributed by atoms with Crippen molar-refractivity contribution in [1.82, 2.24) is 0 Å². The van der Waals surface area contributed by atoms with Gasteiger partial charge in [0.25, 0.3) is 18.6 Å². The molecule has 1 amide bonds. The molecule has 1 aliphatic rings. The first kappa shape index (κ1) is 13.1. The van der Waals surface area contributed by atoms with Crippen molar-refractivity contribution in [2.75, 3.05) is 11.9 Å². The van der Waals surface area contributed by atoms with Gasteiger partial charge in [-0.3, -0.25) is 4.79 Å². The first-order valence-corrected chi connectivity index (χ1v) is 5.79. The van der Waals surface area contributed by atoms with Crippen LogP contribution in [0.15, 0.2) is 27.7 Å². The van der Waals surface area contributed by atoms with E-state index >= 15 is 0 Å². The summed E-state index contributed by atoms with van der Waals surface area (Å²) < 4.78 is 37.9. The Morgan fingerprint density at radius 1 is 1.33 bits per heavy atom. The molecule has 0 N–H and O–H groups in total. The Hall–Kier alpha value is -1.37. The largest absolute Gasteiger partial charge is 0.309 e. The number of hydrogen-bond donors (Lipinski definition) is 0. The minimum absolute atomic E-state index is 0.276. The van der Waals surface area contributed by atoms with Crippen molar-refractivity contribution in [2.24, 2.45) is 4.99 Å². The van der Waals surface area contributed by atoms with E-state index in [1.807, 2.05) is 0 Å². The van der Waals surface area contributed by atoms with Crippen molar-refractivity contribution < 1.29 is 18.0 Å². The molecule has 1 aliphatic heterocycles. The van der Waals surface area contributed by atoms with Gasteiger partial charge in [0.15, 0.2) is 0 Å². The molecule has 18 heavy (non-hydrogen) atoms. The summed E-state index contributed by atoms with van der Waals surface area (Å²) >= 11 is 3.20. The van der Waals surface area contributed by atoms with Crippen LogP contribution in [0.2, 0.25) is 0 Å². The van der Waals surface area contributed by atoms with Crippen LogP contribution in [0.5, 0.6) is 0 Å². The summed E-state index contributed by atoms with van der Waals surface area (Å²) in [6.07, 6.45) is -5.94. The quantitative estimate of drug-likeness (QED) is 0.771. The predicted molar refractivity (Wildman–Crippen MR) is 65.0 cm³/mol. The number of carbonyl (C=O) groups excluding carboxylic acids is 1. The van der Waals surface area contributed by atoms with Crippen LogP contribution in [0.1, 0.15) is 5.56 Å². The topological polar surface area (TPSA) is 32.7 Å². The standard InChI is InChI=1S/C11H8BrF3N2O/c1-17-7-3-2-5(12)4-6(7)8(11(17)18)16-10(15)9(13)14/h2-4,9-10H,1H3. The highest BCUT2D eigenvalue weighted by atomic mass is 79.9. The van der Waals surface area contributed by atoms with E-state index in [0.717, 1.165) is 0 Å². The molecule has 0 aromatic heterocycles. The summed E-state index contributed by atoms with van der Waals surface area (Å²) in [5, 5.41) is 0. The van der Waals surface area contributed by atoms with Gasteiger partial charge in [-0.2, -0.15) is 0 Å². The lowest BCUT2D eigenvalue weighted by atomic mass is 10.1. The lowest BCUT2D eigenvalue weighted by Crippen LogP contribution is -2.27. The SMILES string of the molecule is CN1C(=O)C(=NC(F)C(F)F)c2cc(Br)ccc21. The number of carbonyl (C=O) groups is 1. The van der Waals surface area contributed by atoms with E-state index in [-0.39, 0.29) is 5.71 Å². The molecule has 0 saturated carbocycles. The van der Waals surface area contributed by atoms with E-state index in [0.29, 0.717) is 15.7 Å². The van der Waals surface area contributed by atoms with E-state index in [1.54, 1.807) is 18.2 Å². The molecule has 1 atom stereocenters. The zero-order valence-electron chi connectivity index (χ0n) is 9.20. The zero-order valence-corrected chi connectivity index (χ0v) is 10.8. The van der Waals surface area contributed by atoms with Gasteiger partial charge < -0.3 is 4.90 Å². The molecule has 0 radical (unpaired) electrons. The van der Waals surface area contributed by atoms with Crippen molar-refractivity contribution in [3.8, 4) is 0 Å². The van der Waals surface area contributed by atoms with Crippen LogP contribution in [-0.4, -0.2) is 31.4 Å². The van der Waals surface area contributed by atoms with Gasteiger partial charge in [-0.15, -0.1) is 0 Å². The molecule has 96 valence electrons. The Balaban J connectivity index is 2.51. The number of rotatable bonds is 2. The van der Waals surface area contributed by atoms with Crippen molar-refractivity contribution >= 4 is 33.2 Å². The second-order valence-electron chi connectivity index (χ2n) is 3.71. The van der Waals surface area contributed by atoms with Crippen LogP contribution in [0.4, 0.5) is 18.9 Å². The zero-order chi connectivity index (χ0) is 13.4. The Morgan fingerprint density at radius 3 is 2.61 bits per heavy atom. The van der Waals surface area contributed by atoms with Crippen LogP contribution < -0.4 is 4.90 Å². The first-order valence-electron chi connectivity index (χ1n) is 5.00. The van der Waals surface area contributed by atoms with Gasteiger partial charge in [0.2, 0.25) is 0 Å². The fourth-order valence-corrected chi connectivity index (χ4v) is 2.04. The highest BCUT2D eigenvalue weighted by molar-refractivity contribution is 9.10. The average molecular weight is 321 g/mol. The molecule has 1 heterocycles. The van der Waals surface area contributed by atoms with E-state index in [2.05, 4.69) is 20.9 Å². The van der Waals surface area contributed by atoms with Gasteiger partial charge in [-0.05, 0) is 18.2 Å². The van der Waals surface area contributed by atoms with Crippen molar-refractivity contribution in [3.63, 3.8) is 0 Å². The number of hydrogen-bond acceptors (Lipinski definition) is 2. The first-order chi connectivity index (χ1) is 8.41. The van der Waals surface area contributed by atoms with E-state index in [1.165, 1.54) is 11.9 Å². The summed E-state index contributed by atoms with van der Waals surface area (Å²) in [5.74, 6) is -0.591. The second kappa shape index (κ2) is 4.72. The Morgan fingerprint density at radius 2 is 2.00 bits per heavy atom. The molecule has 0 bridgehead atoms. The van der Waals surface area contributed by atoms with Gasteiger partial charge >= 0.3 is 0 Å². The van der Waals surface area contributed by atoms with Crippen LogP contribution in [0, 0.1) is 0 Å². The maximum atomic E-state index is 13.0.